The van der Waals surface area contributed by atoms with Gasteiger partial charge in [0.25, 0.3) is 0 Å². The van der Waals surface area contributed by atoms with Crippen LogP contribution in [0.25, 0.3) is 0 Å². The summed E-state index contributed by atoms with van der Waals surface area (Å²) < 4.78 is 0. The van der Waals surface area contributed by atoms with Crippen molar-refractivity contribution < 1.29 is 0 Å². The fourth-order valence-corrected chi connectivity index (χ4v) is 2.31. The van der Waals surface area contributed by atoms with Gasteiger partial charge in [-0.25, -0.2) is 0 Å². The Kier molecular flexibility index (Phi) is 5.39. The Bertz CT molecular complexity index is 350. The lowest BCUT2D eigenvalue weighted by Crippen LogP contribution is -1.92. The number of rotatable bonds is 3. The van der Waals surface area contributed by atoms with Crippen LogP contribution in [0.15, 0.2) is 29.2 Å². The number of thiol groups is 1. The van der Waals surface area contributed by atoms with E-state index in [0.717, 1.165) is 17.3 Å². The topological polar surface area (TPSA) is 0 Å². The van der Waals surface area contributed by atoms with Gasteiger partial charge in [0.15, 0.2) is 0 Å². The van der Waals surface area contributed by atoms with Gasteiger partial charge in [0.1, 0.15) is 0 Å². The molecule has 76 valence electrons. The number of hydrogen-bond acceptors (Lipinski definition) is 1. The second-order valence-electron chi connectivity index (χ2n) is 2.83. The highest BCUT2D eigenvalue weighted by Gasteiger charge is 2.03. The smallest absolute Gasteiger partial charge is 0.0456 e. The van der Waals surface area contributed by atoms with E-state index >= 15 is 0 Å². The van der Waals surface area contributed by atoms with Gasteiger partial charge in [-0.2, -0.15) is 12.6 Å². The van der Waals surface area contributed by atoms with Crippen LogP contribution >= 0.6 is 51.8 Å². The fraction of sp³-hybridized carbons (Fsp3) is 0.200. The molecule has 0 nitrogen and oxygen atoms in total. The normalized spacial score (nSPS) is 11.9. The summed E-state index contributed by atoms with van der Waals surface area (Å²) >= 11 is 19.3. The zero-order chi connectivity index (χ0) is 10.6. The molecule has 0 aliphatic carbocycles. The van der Waals surface area contributed by atoms with E-state index < -0.39 is 0 Å². The first-order valence-electron chi connectivity index (χ1n) is 3.99. The van der Waals surface area contributed by atoms with E-state index in [1.165, 1.54) is 5.57 Å². The molecule has 0 aliphatic heterocycles. The highest BCUT2D eigenvalue weighted by Crippen LogP contribution is 2.23. The van der Waals surface area contributed by atoms with Gasteiger partial charge >= 0.3 is 0 Å². The average Bonchev–Trinajstić information content (AvgIpc) is 2.17. The van der Waals surface area contributed by atoms with Crippen LogP contribution in [-0.4, -0.2) is 5.33 Å². The van der Waals surface area contributed by atoms with Crippen LogP contribution in [0, 0.1) is 0 Å². The van der Waals surface area contributed by atoms with Crippen molar-refractivity contribution in [2.75, 3.05) is 5.33 Å². The second kappa shape index (κ2) is 6.06. The Labute approximate surface area is 108 Å². The standard InChI is InChI=1S/C10H9BrCl2S/c11-5-7(6-14)3-8-1-2-9(12)4-10(8)13/h1-2,4,6,14H,3,5H2/b7-6-. The molecule has 0 fully saturated rings. The van der Waals surface area contributed by atoms with Crippen LogP contribution in [-0.2, 0) is 6.42 Å². The van der Waals surface area contributed by atoms with Gasteiger partial charge in [-0.15, -0.1) is 0 Å². The number of allylic oxidation sites excluding steroid dienone is 1. The van der Waals surface area contributed by atoms with Crippen molar-refractivity contribution in [1.29, 1.82) is 0 Å². The fourth-order valence-electron chi connectivity index (χ4n) is 1.04. The second-order valence-corrected chi connectivity index (χ2v) is 4.50. The molecule has 0 heterocycles. The van der Waals surface area contributed by atoms with E-state index in [9.17, 15) is 0 Å². The lowest BCUT2D eigenvalue weighted by atomic mass is 10.1. The Morgan fingerprint density at radius 2 is 2.14 bits per heavy atom. The predicted octanol–water partition coefficient (Wildman–Crippen LogP) is 4.74. The molecule has 0 aromatic heterocycles. The number of benzene rings is 1. The zero-order valence-electron chi connectivity index (χ0n) is 7.30. The lowest BCUT2D eigenvalue weighted by molar-refractivity contribution is 1.16. The molecule has 1 aromatic rings. The van der Waals surface area contributed by atoms with Crippen molar-refractivity contribution >= 4 is 51.8 Å². The highest BCUT2D eigenvalue weighted by atomic mass is 79.9. The minimum atomic E-state index is 0.661. The van der Waals surface area contributed by atoms with Crippen LogP contribution in [0.5, 0.6) is 0 Å². The first-order valence-corrected chi connectivity index (χ1v) is 6.38. The Morgan fingerprint density at radius 1 is 1.43 bits per heavy atom. The molecule has 0 saturated carbocycles. The first kappa shape index (κ1) is 12.4. The van der Waals surface area contributed by atoms with Gasteiger partial charge in [-0.05, 0) is 35.1 Å². The van der Waals surface area contributed by atoms with Gasteiger partial charge in [-0.1, -0.05) is 45.2 Å². The maximum atomic E-state index is 6.04. The third-order valence-electron chi connectivity index (χ3n) is 1.79. The van der Waals surface area contributed by atoms with Gasteiger partial charge in [-0.3, -0.25) is 0 Å². The molecule has 0 radical (unpaired) electrons. The molecule has 1 rings (SSSR count). The number of hydrogen-bond donors (Lipinski definition) is 1. The Balaban J connectivity index is 2.87. The van der Waals surface area contributed by atoms with Gasteiger partial charge in [0.05, 0.1) is 0 Å². The van der Waals surface area contributed by atoms with E-state index in [1.807, 2.05) is 12.1 Å². The summed E-state index contributed by atoms with van der Waals surface area (Å²) in [5, 5.41) is 3.95. The van der Waals surface area contributed by atoms with Crippen molar-refractivity contribution in [1.82, 2.24) is 0 Å². The molecule has 4 heteroatoms. The maximum absolute atomic E-state index is 6.04. The molecule has 14 heavy (non-hydrogen) atoms. The van der Waals surface area contributed by atoms with Gasteiger partial charge in [0, 0.05) is 15.4 Å². The molecule has 0 aliphatic rings. The van der Waals surface area contributed by atoms with E-state index in [4.69, 9.17) is 23.2 Å². The molecular weight excluding hydrogens is 303 g/mol. The SMILES string of the molecule is S/C=C(\CBr)Cc1ccc(Cl)cc1Cl. The van der Waals surface area contributed by atoms with E-state index in [0.29, 0.717) is 10.0 Å². The molecular formula is C10H9BrCl2S. The molecule has 0 N–H and O–H groups in total. The van der Waals surface area contributed by atoms with Crippen LogP contribution in [0.1, 0.15) is 5.56 Å². The predicted molar refractivity (Wildman–Crippen MR) is 71.0 cm³/mol. The van der Waals surface area contributed by atoms with Gasteiger partial charge in [0.2, 0.25) is 0 Å². The quantitative estimate of drug-likeness (QED) is 0.604. The Morgan fingerprint density at radius 3 is 2.64 bits per heavy atom. The molecule has 0 bridgehead atoms. The summed E-state index contributed by atoms with van der Waals surface area (Å²) in [6, 6.07) is 5.53. The van der Waals surface area contributed by atoms with Crippen molar-refractivity contribution in [2.45, 2.75) is 6.42 Å². The molecule has 0 saturated heterocycles. The zero-order valence-corrected chi connectivity index (χ0v) is 11.3. The minimum absolute atomic E-state index is 0.661. The summed E-state index contributed by atoms with van der Waals surface area (Å²) in [4.78, 5) is 0. The minimum Gasteiger partial charge on any atom is -0.151 e. The number of halogens is 3. The molecule has 0 spiro atoms. The van der Waals surface area contributed by atoms with Crippen LogP contribution in [0.2, 0.25) is 10.0 Å². The summed E-state index contributed by atoms with van der Waals surface area (Å²) in [5.41, 5.74) is 2.24. The monoisotopic (exact) mass is 310 g/mol. The van der Waals surface area contributed by atoms with Crippen molar-refractivity contribution in [3.8, 4) is 0 Å². The maximum Gasteiger partial charge on any atom is 0.0456 e. The van der Waals surface area contributed by atoms with Crippen molar-refractivity contribution in [3.05, 3.63) is 44.8 Å². The van der Waals surface area contributed by atoms with E-state index in [1.54, 1.807) is 11.5 Å². The van der Waals surface area contributed by atoms with E-state index in [2.05, 4.69) is 28.6 Å². The third-order valence-corrected chi connectivity index (χ3v) is 3.46. The molecule has 0 atom stereocenters. The van der Waals surface area contributed by atoms with Crippen molar-refractivity contribution in [3.63, 3.8) is 0 Å². The summed E-state index contributed by atoms with van der Waals surface area (Å²) in [7, 11) is 0. The van der Waals surface area contributed by atoms with Gasteiger partial charge < -0.3 is 0 Å². The van der Waals surface area contributed by atoms with Crippen molar-refractivity contribution in [2.24, 2.45) is 0 Å². The summed E-state index contributed by atoms with van der Waals surface area (Å²) in [6.07, 6.45) is 0.796. The first-order chi connectivity index (χ1) is 6.67. The largest absolute Gasteiger partial charge is 0.151 e. The Hall–Kier alpha value is 0.370. The molecule has 0 unspecified atom stereocenters. The molecule has 0 amide bonds. The van der Waals surface area contributed by atoms with E-state index in [-0.39, 0.29) is 0 Å². The molecule has 1 aromatic carbocycles. The highest BCUT2D eigenvalue weighted by molar-refractivity contribution is 9.09. The summed E-state index contributed by atoms with van der Waals surface area (Å²) in [6.45, 7) is 0. The van der Waals surface area contributed by atoms with Crippen LogP contribution in [0.4, 0.5) is 0 Å². The number of alkyl halides is 1. The average molecular weight is 312 g/mol. The van der Waals surface area contributed by atoms with Crippen LogP contribution < -0.4 is 0 Å². The summed E-state index contributed by atoms with van der Waals surface area (Å²) in [5.74, 6) is 0. The van der Waals surface area contributed by atoms with Crippen LogP contribution in [0.3, 0.4) is 0 Å². The third kappa shape index (κ3) is 3.50. The lowest BCUT2D eigenvalue weighted by Gasteiger charge is -2.05.